The maximum absolute atomic E-state index is 14.3. The molecule has 76 heavy (non-hydrogen) atoms. The molecule has 0 unspecified atom stereocenters. The van der Waals surface area contributed by atoms with Crippen molar-refractivity contribution >= 4 is 77.0 Å². The van der Waals surface area contributed by atoms with Crippen molar-refractivity contribution in [2.24, 2.45) is 23.5 Å². The van der Waals surface area contributed by atoms with E-state index in [1.54, 1.807) is 41.5 Å². The number of nitrogens with zero attached hydrogens (tertiary/aromatic N) is 3. The summed E-state index contributed by atoms with van der Waals surface area (Å²) in [5, 5.41) is 54.8. The molecule has 3 aliphatic heterocycles. The van der Waals surface area contributed by atoms with Crippen molar-refractivity contribution in [1.82, 2.24) is 51.9 Å². The number of nitrogens with one attached hydrogen (secondary N) is 7. The molecule has 3 fully saturated rings. The van der Waals surface area contributed by atoms with Crippen LogP contribution in [0.5, 0.6) is 0 Å². The Hall–Kier alpha value is -6.97. The van der Waals surface area contributed by atoms with E-state index in [2.05, 4.69) is 37.2 Å². The summed E-state index contributed by atoms with van der Waals surface area (Å²) in [6.07, 6.45) is 0.699. The molecule has 0 aromatic rings. The molecular weight excluding hydrogens is 1000 g/mol. The number of aliphatic hydroxyl groups is 1. The third-order valence-electron chi connectivity index (χ3n) is 13.7. The number of amides is 10. The average molecular weight is 1080 g/mol. The van der Waals surface area contributed by atoms with Crippen LogP contribution in [0, 0.1) is 17.8 Å². The highest BCUT2D eigenvalue weighted by Gasteiger charge is 2.47. The highest BCUT2D eigenvalue weighted by Crippen LogP contribution is 2.29. The summed E-state index contributed by atoms with van der Waals surface area (Å²) in [6, 6.07) is -10.9. The fourth-order valence-corrected chi connectivity index (χ4v) is 9.14. The first-order valence-electron chi connectivity index (χ1n) is 25.7. The summed E-state index contributed by atoms with van der Waals surface area (Å²) in [4.78, 5) is 172. The summed E-state index contributed by atoms with van der Waals surface area (Å²) in [5.41, 5.74) is 5.68. The van der Waals surface area contributed by atoms with Gasteiger partial charge in [-0.05, 0) is 69.1 Å². The van der Waals surface area contributed by atoms with Crippen LogP contribution < -0.4 is 43.0 Å². The molecule has 426 valence electrons. The summed E-state index contributed by atoms with van der Waals surface area (Å²) in [5.74, 6) is -12.7. The number of carbonyl (C=O) groups is 13. The van der Waals surface area contributed by atoms with Crippen LogP contribution in [0.4, 0.5) is 0 Å². The number of likely N-dealkylation sites (tertiary alicyclic amines) is 3. The molecule has 10 atom stereocenters. The Bertz CT molecular complexity index is 2160. The standard InChI is InChI=1S/C48H77N11O17/c1-7-26(6)39(48(75)76)56-44(71)38(25(4)5)55-43(70)37(24(2)3)54-42(69)30-11-8-18-57(30)46(73)32-13-10-20-59(32)47(74)31-12-9-19-58(31)45(72)29(23-60)52-34(62)22-50-33(61)21-51-41(68)28(15-17-36(65)66)53-40(67)27(49)14-16-35(63)64/h24-32,37-39,60H,7-23,49H2,1-6H3,(H,50,61)(H,51,68)(H,52,62)(H,53,67)(H,54,69)(H,55,70)(H,56,71)(H,63,64)(H,65,66)(H,75,76)/t26-,27-,28-,29-,30-,31-,32-,37-,38-,39-/m0/s1. The Kier molecular flexibility index (Phi) is 25.0. The molecule has 3 heterocycles. The van der Waals surface area contributed by atoms with Gasteiger partial charge in [0.05, 0.1) is 25.7 Å². The number of hydrogen-bond donors (Lipinski definition) is 12. The van der Waals surface area contributed by atoms with Crippen LogP contribution in [-0.2, 0) is 62.3 Å². The maximum atomic E-state index is 14.3. The molecule has 28 heteroatoms. The van der Waals surface area contributed by atoms with Gasteiger partial charge in [0.25, 0.3) is 0 Å². The van der Waals surface area contributed by atoms with Crippen molar-refractivity contribution in [3.05, 3.63) is 0 Å². The SMILES string of the molecule is CC[C@H](C)[C@H](NC(=O)[C@@H](NC(=O)[C@@H](NC(=O)[C@@H]1CCCN1C(=O)[C@@H]1CCCN1C(=O)[C@@H]1CCCN1C(=O)[C@H](CO)NC(=O)CNC(=O)CNC(=O)[C@H](CCC(=O)O)NC(=O)[C@@H](N)CCC(=O)O)C(C)C)C(C)C)C(=O)O. The average Bonchev–Trinajstić information content (AvgIpc) is 4.18. The van der Waals surface area contributed by atoms with Gasteiger partial charge in [0.1, 0.15) is 48.3 Å². The van der Waals surface area contributed by atoms with Gasteiger partial charge in [-0.15, -0.1) is 0 Å². The zero-order valence-corrected chi connectivity index (χ0v) is 44.0. The Balaban J connectivity index is 1.61. The molecule has 0 aromatic carbocycles. The monoisotopic (exact) mass is 1080 g/mol. The van der Waals surface area contributed by atoms with Crippen molar-refractivity contribution in [2.75, 3.05) is 39.3 Å². The molecule has 13 N–H and O–H groups in total. The van der Waals surface area contributed by atoms with Gasteiger partial charge in [-0.2, -0.15) is 0 Å². The molecule has 0 radical (unpaired) electrons. The molecule has 0 aliphatic carbocycles. The van der Waals surface area contributed by atoms with E-state index in [0.717, 1.165) is 0 Å². The molecule has 3 rings (SSSR count). The van der Waals surface area contributed by atoms with Crippen LogP contribution in [0.2, 0.25) is 0 Å². The van der Waals surface area contributed by atoms with Crippen molar-refractivity contribution in [1.29, 1.82) is 0 Å². The van der Waals surface area contributed by atoms with Gasteiger partial charge in [-0.3, -0.25) is 57.5 Å². The van der Waals surface area contributed by atoms with E-state index >= 15 is 0 Å². The summed E-state index contributed by atoms with van der Waals surface area (Å²) in [7, 11) is 0. The number of aliphatic hydroxyl groups excluding tert-OH is 1. The lowest BCUT2D eigenvalue weighted by Crippen LogP contribution is -2.61. The second kappa shape index (κ2) is 29.9. The zero-order chi connectivity index (χ0) is 57.1. The predicted molar refractivity (Wildman–Crippen MR) is 265 cm³/mol. The number of hydrogen-bond acceptors (Lipinski definition) is 15. The Morgan fingerprint density at radius 1 is 0.539 bits per heavy atom. The Morgan fingerprint density at radius 2 is 1.01 bits per heavy atom. The molecule has 0 bridgehead atoms. The van der Waals surface area contributed by atoms with E-state index in [9.17, 15) is 72.5 Å². The van der Waals surface area contributed by atoms with Crippen LogP contribution in [0.15, 0.2) is 0 Å². The highest BCUT2D eigenvalue weighted by atomic mass is 16.4. The summed E-state index contributed by atoms with van der Waals surface area (Å²) >= 11 is 0. The molecule has 0 spiro atoms. The zero-order valence-electron chi connectivity index (χ0n) is 44.0. The minimum atomic E-state index is -1.57. The fraction of sp³-hybridized carbons (Fsp3) is 0.729. The first kappa shape index (κ1) is 63.3. The fourth-order valence-electron chi connectivity index (χ4n) is 9.14. The number of nitrogens with two attached hydrogens (primary N) is 1. The highest BCUT2D eigenvalue weighted by molar-refractivity contribution is 5.99. The van der Waals surface area contributed by atoms with E-state index < -0.39 is 188 Å². The predicted octanol–water partition coefficient (Wildman–Crippen LogP) is -3.89. The van der Waals surface area contributed by atoms with Crippen molar-refractivity contribution in [2.45, 2.75) is 167 Å². The van der Waals surface area contributed by atoms with Gasteiger partial charge in [0.2, 0.25) is 59.1 Å². The number of carboxylic acid groups (broad SMARTS) is 3. The number of rotatable bonds is 29. The number of carboxylic acids is 3. The van der Waals surface area contributed by atoms with E-state index in [1.807, 2.05) is 0 Å². The van der Waals surface area contributed by atoms with Gasteiger partial charge in [0.15, 0.2) is 0 Å². The van der Waals surface area contributed by atoms with Gasteiger partial charge in [-0.1, -0.05) is 48.0 Å². The Labute approximate surface area is 440 Å². The summed E-state index contributed by atoms with van der Waals surface area (Å²) < 4.78 is 0. The van der Waals surface area contributed by atoms with Crippen LogP contribution >= 0.6 is 0 Å². The second-order valence-electron chi connectivity index (χ2n) is 20.1. The van der Waals surface area contributed by atoms with Gasteiger partial charge in [0, 0.05) is 32.5 Å². The normalized spacial score (nSPS) is 20.0. The second-order valence-corrected chi connectivity index (χ2v) is 20.1. The molecule has 0 saturated carbocycles. The van der Waals surface area contributed by atoms with Gasteiger partial charge < -0.3 is 78.1 Å². The van der Waals surface area contributed by atoms with Crippen LogP contribution in [0.3, 0.4) is 0 Å². The first-order chi connectivity index (χ1) is 35.7. The minimum Gasteiger partial charge on any atom is -0.481 e. The van der Waals surface area contributed by atoms with Crippen LogP contribution in [-0.4, -0.2) is 206 Å². The molecule has 3 aliphatic rings. The molecule has 10 amide bonds. The lowest BCUT2D eigenvalue weighted by Gasteiger charge is -2.35. The first-order valence-corrected chi connectivity index (χ1v) is 25.7. The topological polar surface area (TPSA) is 423 Å². The molecule has 0 aromatic heterocycles. The van der Waals surface area contributed by atoms with E-state index in [-0.39, 0.29) is 45.3 Å². The smallest absolute Gasteiger partial charge is 0.326 e. The number of aliphatic carboxylic acids is 3. The van der Waals surface area contributed by atoms with E-state index in [1.165, 1.54) is 14.7 Å². The van der Waals surface area contributed by atoms with Gasteiger partial charge in [-0.25, -0.2) is 4.79 Å². The van der Waals surface area contributed by atoms with Gasteiger partial charge >= 0.3 is 17.9 Å². The minimum absolute atomic E-state index is 0.0646. The van der Waals surface area contributed by atoms with E-state index in [4.69, 9.17) is 15.9 Å². The number of carbonyl (C=O) groups excluding carboxylic acids is 10. The van der Waals surface area contributed by atoms with Crippen molar-refractivity contribution < 1.29 is 82.8 Å². The quantitative estimate of drug-likeness (QED) is 0.0341. The Morgan fingerprint density at radius 3 is 1.53 bits per heavy atom. The van der Waals surface area contributed by atoms with Crippen molar-refractivity contribution in [3.8, 4) is 0 Å². The largest absolute Gasteiger partial charge is 0.481 e. The lowest BCUT2D eigenvalue weighted by atomic mass is 9.96. The van der Waals surface area contributed by atoms with Crippen LogP contribution in [0.1, 0.15) is 112 Å². The third kappa shape index (κ3) is 18.1. The third-order valence-corrected chi connectivity index (χ3v) is 13.7. The lowest BCUT2D eigenvalue weighted by molar-refractivity contribution is -0.151. The molecular formula is C48H77N11O17. The summed E-state index contributed by atoms with van der Waals surface area (Å²) in [6.45, 7) is 8.19. The van der Waals surface area contributed by atoms with Crippen LogP contribution in [0.25, 0.3) is 0 Å². The van der Waals surface area contributed by atoms with E-state index in [0.29, 0.717) is 25.7 Å². The molecule has 3 saturated heterocycles. The maximum Gasteiger partial charge on any atom is 0.326 e. The van der Waals surface area contributed by atoms with Crippen molar-refractivity contribution in [3.63, 3.8) is 0 Å². The molecule has 28 nitrogen and oxygen atoms in total.